The molecule has 0 spiro atoms. The van der Waals surface area contributed by atoms with Gasteiger partial charge in [0.25, 0.3) is 0 Å². The molecular weight excluding hydrogens is 449 g/mol. The molecule has 142 valence electrons. The van der Waals surface area contributed by atoms with Crippen molar-refractivity contribution in [3.05, 3.63) is 71.3 Å². The van der Waals surface area contributed by atoms with Gasteiger partial charge < -0.3 is 15.5 Å². The summed E-state index contributed by atoms with van der Waals surface area (Å²) in [6, 6.07) is 13.0. The molecule has 2 N–H and O–H groups in total. The van der Waals surface area contributed by atoms with Crippen molar-refractivity contribution in [2.75, 3.05) is 27.7 Å². The topological polar surface area (TPSA) is 39.7 Å². The quantitative estimate of drug-likeness (QED) is 0.382. The van der Waals surface area contributed by atoms with Crippen molar-refractivity contribution in [1.82, 2.24) is 15.5 Å². The molecule has 2 aromatic carbocycles. The van der Waals surface area contributed by atoms with Gasteiger partial charge in [0.05, 0.1) is 6.04 Å². The number of rotatable bonds is 6. The molecule has 0 aliphatic rings. The third-order valence-electron chi connectivity index (χ3n) is 3.89. The molecule has 0 saturated heterocycles. The largest absolute Gasteiger partial charge is 0.354 e. The highest BCUT2D eigenvalue weighted by molar-refractivity contribution is 14.0. The zero-order valence-corrected chi connectivity index (χ0v) is 17.5. The van der Waals surface area contributed by atoms with E-state index in [4.69, 9.17) is 0 Å². The Kier molecular flexibility index (Phi) is 9.50. The van der Waals surface area contributed by atoms with E-state index < -0.39 is 0 Å². The molecular formula is C19H25F2IN4. The number of halogens is 3. The van der Waals surface area contributed by atoms with E-state index in [1.165, 1.54) is 24.3 Å². The molecule has 0 fully saturated rings. The van der Waals surface area contributed by atoms with Gasteiger partial charge in [-0.05, 0) is 49.5 Å². The standard InChI is InChI=1S/C19H24F2N4.HI/c1-22-19(23-12-14-6-4-8-16(20)10-14)24-13-18(25(2)3)15-7-5-9-17(21)11-15;/h4-11,18H,12-13H2,1-3H3,(H2,22,23,24);1H. The molecule has 7 heteroatoms. The highest BCUT2D eigenvalue weighted by Gasteiger charge is 2.15. The fraction of sp³-hybridized carbons (Fsp3) is 0.316. The van der Waals surface area contributed by atoms with Gasteiger partial charge >= 0.3 is 0 Å². The molecule has 0 heterocycles. The predicted molar refractivity (Wildman–Crippen MR) is 113 cm³/mol. The summed E-state index contributed by atoms with van der Waals surface area (Å²) in [7, 11) is 5.56. The smallest absolute Gasteiger partial charge is 0.191 e. The predicted octanol–water partition coefficient (Wildman–Crippen LogP) is 3.55. The van der Waals surface area contributed by atoms with Gasteiger partial charge in [-0.2, -0.15) is 0 Å². The molecule has 0 aliphatic heterocycles. The maximum Gasteiger partial charge on any atom is 0.191 e. The molecule has 0 aromatic heterocycles. The van der Waals surface area contributed by atoms with Gasteiger partial charge in [-0.3, -0.25) is 4.99 Å². The number of hydrogen-bond donors (Lipinski definition) is 2. The van der Waals surface area contributed by atoms with Crippen LogP contribution in [0.3, 0.4) is 0 Å². The fourth-order valence-electron chi connectivity index (χ4n) is 2.56. The van der Waals surface area contributed by atoms with Crippen molar-refractivity contribution in [2.24, 2.45) is 4.99 Å². The van der Waals surface area contributed by atoms with Gasteiger partial charge in [0.15, 0.2) is 5.96 Å². The van der Waals surface area contributed by atoms with E-state index in [2.05, 4.69) is 15.6 Å². The minimum Gasteiger partial charge on any atom is -0.354 e. The Morgan fingerprint density at radius 2 is 1.69 bits per heavy atom. The van der Waals surface area contributed by atoms with Gasteiger partial charge in [-0.15, -0.1) is 24.0 Å². The van der Waals surface area contributed by atoms with Crippen LogP contribution < -0.4 is 10.6 Å². The lowest BCUT2D eigenvalue weighted by atomic mass is 10.1. The summed E-state index contributed by atoms with van der Waals surface area (Å²) in [6.07, 6.45) is 0. The number of benzene rings is 2. The Bertz CT molecular complexity index is 722. The second-order valence-corrected chi connectivity index (χ2v) is 5.97. The number of nitrogens with zero attached hydrogens (tertiary/aromatic N) is 2. The number of aliphatic imine (C=N–C) groups is 1. The Morgan fingerprint density at radius 3 is 2.27 bits per heavy atom. The molecule has 2 rings (SSSR count). The Balaban J connectivity index is 0.00000338. The van der Waals surface area contributed by atoms with Crippen LogP contribution in [0.5, 0.6) is 0 Å². The van der Waals surface area contributed by atoms with E-state index in [-0.39, 0.29) is 41.7 Å². The van der Waals surface area contributed by atoms with Crippen LogP contribution in [0.25, 0.3) is 0 Å². The van der Waals surface area contributed by atoms with Gasteiger partial charge in [0.2, 0.25) is 0 Å². The van der Waals surface area contributed by atoms with Crippen molar-refractivity contribution >= 4 is 29.9 Å². The Hall–Kier alpha value is -1.74. The fourth-order valence-corrected chi connectivity index (χ4v) is 2.56. The van der Waals surface area contributed by atoms with Gasteiger partial charge in [0, 0.05) is 20.1 Å². The first kappa shape index (κ1) is 22.3. The number of hydrogen-bond acceptors (Lipinski definition) is 2. The second-order valence-electron chi connectivity index (χ2n) is 5.97. The molecule has 0 amide bonds. The average Bonchev–Trinajstić information content (AvgIpc) is 2.57. The zero-order chi connectivity index (χ0) is 18.2. The lowest BCUT2D eigenvalue weighted by Crippen LogP contribution is -2.41. The zero-order valence-electron chi connectivity index (χ0n) is 15.2. The SMILES string of the molecule is CN=C(NCc1cccc(F)c1)NCC(c1cccc(F)c1)N(C)C.I. The summed E-state index contributed by atoms with van der Waals surface area (Å²) >= 11 is 0. The van der Waals surface area contributed by atoms with Crippen molar-refractivity contribution in [1.29, 1.82) is 0 Å². The summed E-state index contributed by atoms with van der Waals surface area (Å²) in [5.41, 5.74) is 1.72. The van der Waals surface area contributed by atoms with Crippen LogP contribution >= 0.6 is 24.0 Å². The first-order valence-corrected chi connectivity index (χ1v) is 8.10. The Morgan fingerprint density at radius 1 is 1.04 bits per heavy atom. The molecule has 4 nitrogen and oxygen atoms in total. The van der Waals surface area contributed by atoms with Crippen LogP contribution in [-0.2, 0) is 6.54 Å². The number of likely N-dealkylation sites (N-methyl/N-ethyl adjacent to an activating group) is 1. The summed E-state index contributed by atoms with van der Waals surface area (Å²) < 4.78 is 26.7. The van der Waals surface area contributed by atoms with E-state index in [0.717, 1.165) is 11.1 Å². The highest BCUT2D eigenvalue weighted by Crippen LogP contribution is 2.18. The normalized spacial score (nSPS) is 12.5. The number of guanidine groups is 1. The molecule has 1 atom stereocenters. The van der Waals surface area contributed by atoms with E-state index in [0.29, 0.717) is 19.0 Å². The van der Waals surface area contributed by atoms with Crippen molar-refractivity contribution < 1.29 is 8.78 Å². The summed E-state index contributed by atoms with van der Waals surface area (Å²) in [5.74, 6) is 0.0894. The maximum absolute atomic E-state index is 13.5. The molecule has 0 radical (unpaired) electrons. The highest BCUT2D eigenvalue weighted by atomic mass is 127. The minimum atomic E-state index is -0.263. The molecule has 26 heavy (non-hydrogen) atoms. The summed E-state index contributed by atoms with van der Waals surface area (Å²) in [4.78, 5) is 6.19. The monoisotopic (exact) mass is 474 g/mol. The van der Waals surface area contributed by atoms with E-state index in [1.807, 2.05) is 31.1 Å². The molecule has 2 aromatic rings. The van der Waals surface area contributed by atoms with E-state index in [1.54, 1.807) is 19.2 Å². The Labute approximate surface area is 170 Å². The van der Waals surface area contributed by atoms with Crippen molar-refractivity contribution in [3.63, 3.8) is 0 Å². The maximum atomic E-state index is 13.5. The van der Waals surface area contributed by atoms with Crippen LogP contribution in [-0.4, -0.2) is 38.5 Å². The van der Waals surface area contributed by atoms with Crippen LogP contribution in [0.2, 0.25) is 0 Å². The van der Waals surface area contributed by atoms with E-state index >= 15 is 0 Å². The lowest BCUT2D eigenvalue weighted by Gasteiger charge is -2.26. The molecule has 0 saturated carbocycles. The molecule has 1 unspecified atom stereocenters. The van der Waals surface area contributed by atoms with E-state index in [9.17, 15) is 8.78 Å². The van der Waals surface area contributed by atoms with Crippen molar-refractivity contribution in [2.45, 2.75) is 12.6 Å². The van der Waals surface area contributed by atoms with Gasteiger partial charge in [0.1, 0.15) is 11.6 Å². The summed E-state index contributed by atoms with van der Waals surface area (Å²) in [6.45, 7) is 1.02. The second kappa shape index (κ2) is 11.1. The first-order chi connectivity index (χ1) is 12.0. The van der Waals surface area contributed by atoms with Crippen LogP contribution in [0.1, 0.15) is 17.2 Å². The van der Waals surface area contributed by atoms with Gasteiger partial charge in [-0.1, -0.05) is 24.3 Å². The number of nitrogens with one attached hydrogen (secondary N) is 2. The first-order valence-electron chi connectivity index (χ1n) is 8.10. The third-order valence-corrected chi connectivity index (χ3v) is 3.89. The van der Waals surface area contributed by atoms with Crippen LogP contribution in [0, 0.1) is 11.6 Å². The lowest BCUT2D eigenvalue weighted by molar-refractivity contribution is 0.297. The molecule has 0 aliphatic carbocycles. The average molecular weight is 474 g/mol. The summed E-state index contributed by atoms with van der Waals surface area (Å²) in [5, 5.41) is 6.38. The van der Waals surface area contributed by atoms with Crippen molar-refractivity contribution in [3.8, 4) is 0 Å². The third kappa shape index (κ3) is 6.87. The van der Waals surface area contributed by atoms with Gasteiger partial charge in [-0.25, -0.2) is 8.78 Å². The van der Waals surface area contributed by atoms with Crippen LogP contribution in [0.15, 0.2) is 53.5 Å². The van der Waals surface area contributed by atoms with Crippen LogP contribution in [0.4, 0.5) is 8.78 Å². The minimum absolute atomic E-state index is 0. The molecule has 0 bridgehead atoms.